The first-order valence-corrected chi connectivity index (χ1v) is 6.06. The van der Waals surface area contributed by atoms with E-state index in [0.717, 1.165) is 6.42 Å². The van der Waals surface area contributed by atoms with Crippen LogP contribution in [0.3, 0.4) is 0 Å². The molecule has 0 aliphatic heterocycles. The van der Waals surface area contributed by atoms with Crippen LogP contribution in [-0.2, 0) is 6.54 Å². The van der Waals surface area contributed by atoms with Gasteiger partial charge in [-0.2, -0.15) is 0 Å². The number of rotatable bonds is 6. The van der Waals surface area contributed by atoms with Gasteiger partial charge in [0.2, 0.25) is 0 Å². The first-order chi connectivity index (χ1) is 9.20. The number of nitrogen functional groups attached to an aromatic ring is 1. The van der Waals surface area contributed by atoms with Gasteiger partial charge in [0.15, 0.2) is 17.3 Å². The van der Waals surface area contributed by atoms with Crippen molar-refractivity contribution in [1.82, 2.24) is 5.16 Å². The Morgan fingerprint density at radius 3 is 3.00 bits per heavy atom. The predicted molar refractivity (Wildman–Crippen MR) is 70.4 cm³/mol. The average Bonchev–Trinajstić information content (AvgIpc) is 2.90. The highest BCUT2D eigenvalue weighted by Crippen LogP contribution is 2.28. The van der Waals surface area contributed by atoms with E-state index in [2.05, 4.69) is 10.5 Å². The van der Waals surface area contributed by atoms with E-state index in [4.69, 9.17) is 15.0 Å². The van der Waals surface area contributed by atoms with Crippen molar-refractivity contribution < 1.29 is 13.7 Å². The van der Waals surface area contributed by atoms with Crippen LogP contribution in [0, 0.1) is 5.82 Å². The van der Waals surface area contributed by atoms with Gasteiger partial charge in [-0.25, -0.2) is 4.39 Å². The van der Waals surface area contributed by atoms with Gasteiger partial charge in [-0.3, -0.25) is 0 Å². The van der Waals surface area contributed by atoms with Crippen LogP contribution in [0.2, 0.25) is 0 Å². The number of nitrogens with zero attached hydrogens (tertiary/aromatic N) is 1. The molecule has 0 aliphatic carbocycles. The SMILES string of the molecule is CCCOc1cc(NCc2ccno2)c(N)cc1F. The summed E-state index contributed by atoms with van der Waals surface area (Å²) < 4.78 is 23.9. The Balaban J connectivity index is 2.10. The van der Waals surface area contributed by atoms with Gasteiger partial charge in [-0.1, -0.05) is 12.1 Å². The average molecular weight is 265 g/mol. The fraction of sp³-hybridized carbons (Fsp3) is 0.308. The fourth-order valence-corrected chi connectivity index (χ4v) is 1.56. The number of anilines is 2. The Morgan fingerprint density at radius 1 is 1.47 bits per heavy atom. The minimum absolute atomic E-state index is 0.191. The molecule has 3 N–H and O–H groups in total. The highest BCUT2D eigenvalue weighted by atomic mass is 19.1. The van der Waals surface area contributed by atoms with Crippen molar-refractivity contribution in [2.45, 2.75) is 19.9 Å². The number of aromatic nitrogens is 1. The summed E-state index contributed by atoms with van der Waals surface area (Å²) in [6.45, 7) is 2.84. The monoisotopic (exact) mass is 265 g/mol. The third-order valence-electron chi connectivity index (χ3n) is 2.51. The molecule has 19 heavy (non-hydrogen) atoms. The van der Waals surface area contributed by atoms with Crippen LogP contribution in [0.25, 0.3) is 0 Å². The van der Waals surface area contributed by atoms with Crippen molar-refractivity contribution in [1.29, 1.82) is 0 Å². The molecule has 0 radical (unpaired) electrons. The Labute approximate surface area is 110 Å². The second-order valence-corrected chi connectivity index (χ2v) is 4.05. The number of hydrogen-bond donors (Lipinski definition) is 2. The Kier molecular flexibility index (Phi) is 4.22. The summed E-state index contributed by atoms with van der Waals surface area (Å²) in [5, 5.41) is 6.65. The fourth-order valence-electron chi connectivity index (χ4n) is 1.56. The van der Waals surface area contributed by atoms with Crippen molar-refractivity contribution in [3.05, 3.63) is 36.0 Å². The van der Waals surface area contributed by atoms with E-state index >= 15 is 0 Å². The molecule has 1 heterocycles. The summed E-state index contributed by atoms with van der Waals surface area (Å²) in [6, 6.07) is 4.53. The van der Waals surface area contributed by atoms with Gasteiger partial charge in [0.25, 0.3) is 0 Å². The topological polar surface area (TPSA) is 73.3 Å². The smallest absolute Gasteiger partial charge is 0.167 e. The molecule has 2 aromatic rings. The predicted octanol–water partition coefficient (Wildman–Crippen LogP) is 2.80. The molecule has 0 bridgehead atoms. The molecule has 102 valence electrons. The van der Waals surface area contributed by atoms with E-state index in [0.29, 0.717) is 30.3 Å². The van der Waals surface area contributed by atoms with Crippen molar-refractivity contribution in [3.63, 3.8) is 0 Å². The lowest BCUT2D eigenvalue weighted by molar-refractivity contribution is 0.301. The van der Waals surface area contributed by atoms with E-state index in [1.54, 1.807) is 18.3 Å². The molecule has 5 nitrogen and oxygen atoms in total. The maximum atomic E-state index is 13.6. The lowest BCUT2D eigenvalue weighted by Gasteiger charge is -2.12. The quantitative estimate of drug-likeness (QED) is 0.786. The van der Waals surface area contributed by atoms with Crippen molar-refractivity contribution >= 4 is 11.4 Å². The molecule has 0 unspecified atom stereocenters. The standard InChI is InChI=1S/C13H16FN3O2/c1-2-5-18-13-7-12(11(15)6-10(13)14)16-8-9-3-4-17-19-9/h3-4,6-7,16H,2,5,8,15H2,1H3. The van der Waals surface area contributed by atoms with Gasteiger partial charge in [-0.05, 0) is 6.42 Å². The maximum Gasteiger partial charge on any atom is 0.167 e. The second kappa shape index (κ2) is 6.08. The van der Waals surface area contributed by atoms with Gasteiger partial charge in [0.05, 0.1) is 30.7 Å². The molecule has 0 saturated carbocycles. The van der Waals surface area contributed by atoms with Crippen LogP contribution in [0.5, 0.6) is 5.75 Å². The van der Waals surface area contributed by atoms with Crippen LogP contribution in [0.1, 0.15) is 19.1 Å². The Bertz CT molecular complexity index is 529. The van der Waals surface area contributed by atoms with Crippen molar-refractivity contribution in [3.8, 4) is 5.75 Å². The number of nitrogens with one attached hydrogen (secondary N) is 1. The number of halogens is 1. The van der Waals surface area contributed by atoms with E-state index < -0.39 is 5.82 Å². The van der Waals surface area contributed by atoms with E-state index in [-0.39, 0.29) is 5.75 Å². The van der Waals surface area contributed by atoms with Gasteiger partial charge in [-0.15, -0.1) is 0 Å². The van der Waals surface area contributed by atoms with E-state index in [1.165, 1.54) is 6.07 Å². The summed E-state index contributed by atoms with van der Waals surface area (Å²) in [4.78, 5) is 0. The molecule has 0 aliphatic rings. The summed E-state index contributed by atoms with van der Waals surface area (Å²) in [5.74, 6) is 0.395. The molecular formula is C13H16FN3O2. The van der Waals surface area contributed by atoms with Crippen LogP contribution >= 0.6 is 0 Å². The molecule has 6 heteroatoms. The Morgan fingerprint density at radius 2 is 2.32 bits per heavy atom. The molecular weight excluding hydrogens is 249 g/mol. The van der Waals surface area contributed by atoms with Crippen LogP contribution < -0.4 is 15.8 Å². The summed E-state index contributed by atoms with van der Waals surface area (Å²) in [7, 11) is 0. The summed E-state index contributed by atoms with van der Waals surface area (Å²) >= 11 is 0. The molecule has 0 atom stereocenters. The zero-order valence-electron chi connectivity index (χ0n) is 10.6. The van der Waals surface area contributed by atoms with Gasteiger partial charge < -0.3 is 20.3 Å². The first kappa shape index (κ1) is 13.2. The maximum absolute atomic E-state index is 13.6. The van der Waals surface area contributed by atoms with Gasteiger partial charge in [0, 0.05) is 18.2 Å². The summed E-state index contributed by atoms with van der Waals surface area (Å²) in [5.41, 5.74) is 6.68. The third kappa shape index (κ3) is 3.37. The van der Waals surface area contributed by atoms with Crippen molar-refractivity contribution in [2.24, 2.45) is 0 Å². The molecule has 0 fully saturated rings. The lowest BCUT2D eigenvalue weighted by Crippen LogP contribution is -2.04. The normalized spacial score (nSPS) is 10.4. The van der Waals surface area contributed by atoms with Crippen LogP contribution in [0.4, 0.5) is 15.8 Å². The van der Waals surface area contributed by atoms with Crippen molar-refractivity contribution in [2.75, 3.05) is 17.7 Å². The zero-order valence-corrected chi connectivity index (χ0v) is 10.6. The molecule has 1 aromatic heterocycles. The van der Waals surface area contributed by atoms with Crippen LogP contribution in [0.15, 0.2) is 28.9 Å². The molecule has 0 amide bonds. The second-order valence-electron chi connectivity index (χ2n) is 4.05. The number of nitrogens with two attached hydrogens (primary N) is 1. The Hall–Kier alpha value is -2.24. The third-order valence-corrected chi connectivity index (χ3v) is 2.51. The van der Waals surface area contributed by atoms with Gasteiger partial charge >= 0.3 is 0 Å². The molecule has 2 rings (SSSR count). The minimum Gasteiger partial charge on any atom is -0.490 e. The van der Waals surface area contributed by atoms with E-state index in [9.17, 15) is 4.39 Å². The lowest BCUT2D eigenvalue weighted by atomic mass is 10.2. The number of hydrogen-bond acceptors (Lipinski definition) is 5. The number of benzene rings is 1. The molecule has 0 spiro atoms. The molecule has 0 saturated heterocycles. The number of ether oxygens (including phenoxy) is 1. The van der Waals surface area contributed by atoms with Crippen LogP contribution in [-0.4, -0.2) is 11.8 Å². The minimum atomic E-state index is -0.462. The summed E-state index contributed by atoms with van der Waals surface area (Å²) in [6.07, 6.45) is 2.37. The molecule has 1 aromatic carbocycles. The van der Waals surface area contributed by atoms with Gasteiger partial charge in [0.1, 0.15) is 0 Å². The highest BCUT2D eigenvalue weighted by Gasteiger charge is 2.09. The largest absolute Gasteiger partial charge is 0.490 e. The highest BCUT2D eigenvalue weighted by molar-refractivity contribution is 5.68. The van der Waals surface area contributed by atoms with E-state index in [1.807, 2.05) is 6.92 Å². The zero-order chi connectivity index (χ0) is 13.7. The first-order valence-electron chi connectivity index (χ1n) is 6.06.